The number of alkyl halides is 4. The lowest BCUT2D eigenvalue weighted by atomic mass is 9.71. The van der Waals surface area contributed by atoms with Crippen molar-refractivity contribution in [2.45, 2.75) is 35.2 Å². The maximum Gasteiger partial charge on any atom is 0.416 e. The number of pyridine rings is 1. The third-order valence-corrected chi connectivity index (χ3v) is 8.32. The Morgan fingerprint density at radius 2 is 1.81 bits per heavy atom. The minimum absolute atomic E-state index is 0.0379. The second kappa shape index (κ2) is 8.81. The van der Waals surface area contributed by atoms with Crippen LogP contribution in [0.15, 0.2) is 59.5 Å². The smallest absolute Gasteiger partial charge is 0.315 e. The maximum absolute atomic E-state index is 14.1. The van der Waals surface area contributed by atoms with Crippen LogP contribution in [0.3, 0.4) is 0 Å². The monoisotopic (exact) mass is 523 g/mol. The summed E-state index contributed by atoms with van der Waals surface area (Å²) in [5, 5.41) is 2.97. The molecule has 0 radical (unpaired) electrons. The number of nitrogens with zero attached hydrogens (tertiary/aromatic N) is 1. The first-order valence-corrected chi connectivity index (χ1v) is 12.8. The largest absolute Gasteiger partial charge is 0.416 e. The summed E-state index contributed by atoms with van der Waals surface area (Å²) in [7, 11) is -4.05. The average molecular weight is 524 g/mol. The van der Waals surface area contributed by atoms with Crippen LogP contribution in [0.5, 0.6) is 0 Å². The number of fused-ring (bicyclic) bond motifs is 1. The highest BCUT2D eigenvalue weighted by Crippen LogP contribution is 2.45. The van der Waals surface area contributed by atoms with Crippen LogP contribution in [0.4, 0.5) is 27.8 Å². The van der Waals surface area contributed by atoms with E-state index < -0.39 is 39.8 Å². The number of nitrogens with one attached hydrogen (secondary N) is 2. The number of hydrogen-bond donors (Lipinski definition) is 2. The van der Waals surface area contributed by atoms with E-state index >= 15 is 0 Å². The summed E-state index contributed by atoms with van der Waals surface area (Å²) in [6, 6.07) is 11.8. The summed E-state index contributed by atoms with van der Waals surface area (Å²) in [6.07, 6.45) is -3.50. The van der Waals surface area contributed by atoms with E-state index in [-0.39, 0.29) is 29.7 Å². The van der Waals surface area contributed by atoms with Crippen molar-refractivity contribution in [1.82, 2.24) is 10.3 Å². The number of aryl methyl sites for hydroxylation is 1. The number of anilines is 1. The SMILES string of the molecule is O=S(=O)(Nc1cccc(F)n1)c1ccc2c(c1)CCC2c1ccc(C(F)(F)F)cc1C1(CF)CNC1. The molecule has 0 saturated carbocycles. The van der Waals surface area contributed by atoms with E-state index in [1.807, 2.05) is 0 Å². The molecule has 190 valence electrons. The lowest BCUT2D eigenvalue weighted by Gasteiger charge is -2.43. The molecule has 1 fully saturated rings. The minimum atomic E-state index is -4.55. The number of benzene rings is 2. The Bertz CT molecular complexity index is 1420. The molecule has 0 amide bonds. The van der Waals surface area contributed by atoms with Gasteiger partial charge in [0.25, 0.3) is 10.0 Å². The highest BCUT2D eigenvalue weighted by atomic mass is 32.2. The first kappa shape index (κ1) is 24.6. The van der Waals surface area contributed by atoms with Crippen molar-refractivity contribution in [3.05, 3.63) is 88.4 Å². The molecule has 0 bridgehead atoms. The zero-order valence-electron chi connectivity index (χ0n) is 18.9. The Morgan fingerprint density at radius 3 is 2.44 bits per heavy atom. The molecule has 5 rings (SSSR count). The first-order valence-electron chi connectivity index (χ1n) is 11.3. The average Bonchev–Trinajstić information content (AvgIpc) is 3.21. The number of rotatable bonds is 6. The van der Waals surface area contributed by atoms with Gasteiger partial charge in [0.15, 0.2) is 0 Å². The zero-order chi connectivity index (χ0) is 25.7. The van der Waals surface area contributed by atoms with Crippen LogP contribution in [-0.4, -0.2) is 33.2 Å². The van der Waals surface area contributed by atoms with Crippen LogP contribution in [0.25, 0.3) is 0 Å². The Hall–Kier alpha value is -3.05. The van der Waals surface area contributed by atoms with Gasteiger partial charge in [-0.1, -0.05) is 18.2 Å². The maximum atomic E-state index is 14.1. The minimum Gasteiger partial charge on any atom is -0.315 e. The number of halogens is 5. The Labute approximate surface area is 204 Å². The van der Waals surface area contributed by atoms with Gasteiger partial charge >= 0.3 is 6.18 Å². The van der Waals surface area contributed by atoms with Crippen molar-refractivity contribution in [2.75, 3.05) is 24.5 Å². The lowest BCUT2D eigenvalue weighted by molar-refractivity contribution is -0.137. The van der Waals surface area contributed by atoms with Gasteiger partial charge in [0.1, 0.15) is 12.5 Å². The predicted molar refractivity (Wildman–Crippen MR) is 124 cm³/mol. The summed E-state index contributed by atoms with van der Waals surface area (Å²) < 4.78 is 95.8. The van der Waals surface area contributed by atoms with Gasteiger partial charge in [-0.25, -0.2) is 13.4 Å². The van der Waals surface area contributed by atoms with E-state index in [0.717, 1.165) is 29.3 Å². The van der Waals surface area contributed by atoms with E-state index in [1.54, 1.807) is 6.07 Å². The van der Waals surface area contributed by atoms with Gasteiger partial charge in [-0.2, -0.15) is 17.6 Å². The predicted octanol–water partition coefficient (Wildman–Crippen LogP) is 4.93. The molecule has 2 N–H and O–H groups in total. The van der Waals surface area contributed by atoms with Crippen LogP contribution in [0.2, 0.25) is 0 Å². The molecular weight excluding hydrogens is 501 g/mol. The van der Waals surface area contributed by atoms with E-state index in [1.165, 1.54) is 30.3 Å². The summed E-state index contributed by atoms with van der Waals surface area (Å²) in [5.41, 5.74) is 0.648. The Kier molecular flexibility index (Phi) is 6.03. The molecule has 1 aromatic heterocycles. The molecule has 5 nitrogen and oxygen atoms in total. The molecule has 1 unspecified atom stereocenters. The molecule has 0 spiro atoms. The molecule has 36 heavy (non-hydrogen) atoms. The Morgan fingerprint density at radius 1 is 1.06 bits per heavy atom. The number of hydrogen-bond acceptors (Lipinski definition) is 4. The number of sulfonamides is 1. The van der Waals surface area contributed by atoms with E-state index in [4.69, 9.17) is 0 Å². The zero-order valence-corrected chi connectivity index (χ0v) is 19.7. The van der Waals surface area contributed by atoms with Gasteiger partial charge in [0.2, 0.25) is 5.95 Å². The normalized spacial score (nSPS) is 19.0. The van der Waals surface area contributed by atoms with E-state index in [0.29, 0.717) is 24.0 Å². The Balaban J connectivity index is 1.51. The lowest BCUT2D eigenvalue weighted by Crippen LogP contribution is -2.58. The first-order chi connectivity index (χ1) is 17.0. The van der Waals surface area contributed by atoms with Crippen molar-refractivity contribution < 1.29 is 30.4 Å². The van der Waals surface area contributed by atoms with Gasteiger partial charge in [-0.15, -0.1) is 0 Å². The molecule has 1 aliphatic carbocycles. The molecule has 11 heteroatoms. The molecule has 3 aromatic rings. The fourth-order valence-corrected chi connectivity index (χ4v) is 6.08. The van der Waals surface area contributed by atoms with Crippen molar-refractivity contribution >= 4 is 15.8 Å². The van der Waals surface area contributed by atoms with Gasteiger partial charge in [0, 0.05) is 24.4 Å². The van der Waals surface area contributed by atoms with Gasteiger partial charge in [0.05, 0.1) is 10.5 Å². The van der Waals surface area contributed by atoms with Crippen molar-refractivity contribution in [3.63, 3.8) is 0 Å². The van der Waals surface area contributed by atoms with Gasteiger partial charge in [-0.05, 0) is 71.5 Å². The summed E-state index contributed by atoms with van der Waals surface area (Å²) in [6.45, 7) is -0.298. The van der Waals surface area contributed by atoms with Crippen LogP contribution in [-0.2, 0) is 28.0 Å². The third-order valence-electron chi connectivity index (χ3n) is 6.97. The number of aromatic nitrogens is 1. The molecular formula is C25H22F5N3O2S. The second-order valence-corrected chi connectivity index (χ2v) is 10.9. The second-order valence-electron chi connectivity index (χ2n) is 9.22. The van der Waals surface area contributed by atoms with Gasteiger partial charge < -0.3 is 5.32 Å². The molecule has 2 aliphatic rings. The summed E-state index contributed by atoms with van der Waals surface area (Å²) in [5.74, 6) is -1.28. The summed E-state index contributed by atoms with van der Waals surface area (Å²) >= 11 is 0. The topological polar surface area (TPSA) is 71.1 Å². The highest BCUT2D eigenvalue weighted by molar-refractivity contribution is 7.92. The van der Waals surface area contributed by atoms with E-state index in [2.05, 4.69) is 15.0 Å². The standard InChI is InChI=1S/C25H22F5N3O2S/c26-12-24(13-31-14-24)21-11-16(25(28,29)30)5-8-20(21)19-7-4-15-10-17(6-9-18(15)19)36(34,35)33-23-3-1-2-22(27)32-23/h1-3,5-6,8-11,19,31H,4,7,12-14H2,(H,32,33). The fourth-order valence-electron chi connectivity index (χ4n) is 5.03. The fraction of sp³-hybridized carbons (Fsp3) is 0.320. The van der Waals surface area contributed by atoms with Crippen LogP contribution < -0.4 is 10.0 Å². The van der Waals surface area contributed by atoms with Crippen molar-refractivity contribution in [1.29, 1.82) is 0 Å². The van der Waals surface area contributed by atoms with Crippen molar-refractivity contribution in [3.8, 4) is 0 Å². The summed E-state index contributed by atoms with van der Waals surface area (Å²) in [4.78, 5) is 3.48. The molecule has 2 aromatic carbocycles. The quantitative estimate of drug-likeness (QED) is 0.355. The van der Waals surface area contributed by atoms with Crippen LogP contribution in [0, 0.1) is 5.95 Å². The highest BCUT2D eigenvalue weighted by Gasteiger charge is 2.44. The molecule has 1 aliphatic heterocycles. The molecule has 2 heterocycles. The van der Waals surface area contributed by atoms with E-state index in [9.17, 15) is 30.4 Å². The van der Waals surface area contributed by atoms with Crippen LogP contribution >= 0.6 is 0 Å². The van der Waals surface area contributed by atoms with Crippen LogP contribution in [0.1, 0.15) is 40.2 Å². The molecule has 1 saturated heterocycles. The van der Waals surface area contributed by atoms with Crippen molar-refractivity contribution in [2.24, 2.45) is 0 Å². The molecule has 1 atom stereocenters. The third kappa shape index (κ3) is 4.34. The van der Waals surface area contributed by atoms with Gasteiger partial charge in [-0.3, -0.25) is 9.11 Å².